The summed E-state index contributed by atoms with van der Waals surface area (Å²) < 4.78 is 5.39. The van der Waals surface area contributed by atoms with Crippen LogP contribution in [0.4, 0.5) is 11.4 Å². The number of aliphatic hydroxyl groups excluding tert-OH is 1. The second kappa shape index (κ2) is 5.63. The van der Waals surface area contributed by atoms with E-state index in [0.717, 1.165) is 0 Å². The fourth-order valence-corrected chi connectivity index (χ4v) is 2.53. The van der Waals surface area contributed by atoms with E-state index in [1.54, 1.807) is 30.5 Å². The van der Waals surface area contributed by atoms with Gasteiger partial charge in [-0.2, -0.15) is 0 Å². The normalized spacial score (nSPS) is 15.2. The van der Waals surface area contributed by atoms with E-state index in [2.05, 4.69) is 4.98 Å². The molecule has 1 aliphatic rings. The van der Waals surface area contributed by atoms with E-state index in [4.69, 9.17) is 9.84 Å². The van der Waals surface area contributed by atoms with Crippen LogP contribution in [0.3, 0.4) is 0 Å². The topological polar surface area (TPSA) is 88.7 Å². The Labute approximate surface area is 120 Å². The lowest BCUT2D eigenvalue weighted by Gasteiger charge is -2.40. The molecule has 21 heavy (non-hydrogen) atoms. The average molecular weight is 289 g/mol. The first-order valence-electron chi connectivity index (χ1n) is 6.70. The molecule has 3 rings (SSSR count). The summed E-state index contributed by atoms with van der Waals surface area (Å²) in [5.41, 5.74) is 1.28. The number of nitro groups is 1. The molecule has 7 nitrogen and oxygen atoms in total. The molecule has 0 amide bonds. The lowest BCUT2D eigenvalue weighted by atomic mass is 10.1. The van der Waals surface area contributed by atoms with Crippen LogP contribution in [-0.4, -0.2) is 47.4 Å². The molecule has 0 aliphatic carbocycles. The molecule has 1 aromatic heterocycles. The van der Waals surface area contributed by atoms with Crippen molar-refractivity contribution < 1.29 is 14.8 Å². The fourth-order valence-electron chi connectivity index (χ4n) is 2.53. The molecule has 0 atom stereocenters. The highest BCUT2D eigenvalue weighted by Gasteiger charge is 2.33. The molecule has 0 bridgehead atoms. The maximum atomic E-state index is 11.4. The predicted molar refractivity (Wildman–Crippen MR) is 77.4 cm³/mol. The Bertz CT molecular complexity index is 670. The largest absolute Gasteiger partial charge is 0.394 e. The Morgan fingerprint density at radius 3 is 2.95 bits per heavy atom. The van der Waals surface area contributed by atoms with Gasteiger partial charge in [-0.25, -0.2) is 0 Å². The van der Waals surface area contributed by atoms with Gasteiger partial charge in [0.25, 0.3) is 0 Å². The van der Waals surface area contributed by atoms with Crippen molar-refractivity contribution in [1.82, 2.24) is 4.98 Å². The number of benzene rings is 1. The molecule has 2 aromatic rings. The highest BCUT2D eigenvalue weighted by atomic mass is 16.6. The summed E-state index contributed by atoms with van der Waals surface area (Å²) in [7, 11) is 0. The van der Waals surface area contributed by atoms with Gasteiger partial charge in [0.1, 0.15) is 5.69 Å². The Morgan fingerprint density at radius 2 is 2.24 bits per heavy atom. The van der Waals surface area contributed by atoms with Gasteiger partial charge in [-0.05, 0) is 24.3 Å². The van der Waals surface area contributed by atoms with Crippen molar-refractivity contribution >= 4 is 22.3 Å². The van der Waals surface area contributed by atoms with Gasteiger partial charge in [0.2, 0.25) is 0 Å². The first-order chi connectivity index (χ1) is 10.2. The minimum absolute atomic E-state index is 0.0151. The lowest BCUT2D eigenvalue weighted by Crippen LogP contribution is -2.52. The minimum Gasteiger partial charge on any atom is -0.394 e. The zero-order valence-electron chi connectivity index (χ0n) is 11.3. The van der Waals surface area contributed by atoms with Gasteiger partial charge in [-0.1, -0.05) is 0 Å². The number of nitro benzene ring substituents is 1. The van der Waals surface area contributed by atoms with E-state index in [1.807, 2.05) is 4.90 Å². The third-order valence-corrected chi connectivity index (χ3v) is 3.55. The number of nitrogens with zero attached hydrogens (tertiary/aromatic N) is 3. The molecule has 0 unspecified atom stereocenters. The summed E-state index contributed by atoms with van der Waals surface area (Å²) in [6.45, 7) is 1.46. The number of hydrogen-bond donors (Lipinski definition) is 1. The quantitative estimate of drug-likeness (QED) is 0.660. The number of rotatable bonds is 5. The van der Waals surface area contributed by atoms with Gasteiger partial charge in [0.05, 0.1) is 35.1 Å². The molecule has 1 aromatic carbocycles. The molecule has 0 radical (unpaired) electrons. The first-order valence-corrected chi connectivity index (χ1v) is 6.70. The second-order valence-corrected chi connectivity index (χ2v) is 4.88. The third kappa shape index (κ3) is 2.53. The Kier molecular flexibility index (Phi) is 3.68. The molecule has 1 saturated heterocycles. The van der Waals surface area contributed by atoms with E-state index in [1.165, 1.54) is 0 Å². The number of ether oxygens (including phenoxy) is 1. The predicted octanol–water partition coefficient (Wildman–Crippen LogP) is 1.34. The lowest BCUT2D eigenvalue weighted by molar-refractivity contribution is -0.382. The summed E-state index contributed by atoms with van der Waals surface area (Å²) in [5.74, 6) is 0. The monoisotopic (exact) mass is 289 g/mol. The standard InChI is InChI=1S/C14H15N3O4/c18-6-7-21-10-8-16(9-10)13-4-3-12-11(2-1-5-15-12)14(13)17(19)20/h1-5,10,18H,6-9H2. The molecule has 110 valence electrons. The van der Waals surface area contributed by atoms with Crippen molar-refractivity contribution in [1.29, 1.82) is 0 Å². The van der Waals surface area contributed by atoms with Crippen LogP contribution in [0, 0.1) is 10.1 Å². The Hall–Kier alpha value is -2.25. The van der Waals surface area contributed by atoms with Crippen LogP contribution in [0.1, 0.15) is 0 Å². The first kappa shape index (κ1) is 13.7. The number of hydrogen-bond acceptors (Lipinski definition) is 6. The van der Waals surface area contributed by atoms with Gasteiger partial charge >= 0.3 is 5.69 Å². The summed E-state index contributed by atoms with van der Waals surface area (Å²) >= 11 is 0. The highest BCUT2D eigenvalue weighted by molar-refractivity contribution is 5.94. The summed E-state index contributed by atoms with van der Waals surface area (Å²) in [5, 5.41) is 20.7. The summed E-state index contributed by atoms with van der Waals surface area (Å²) in [6, 6.07) is 6.93. The van der Waals surface area contributed by atoms with Gasteiger partial charge in [-0.3, -0.25) is 15.1 Å². The zero-order valence-corrected chi connectivity index (χ0v) is 11.3. The van der Waals surface area contributed by atoms with Crippen LogP contribution in [0.2, 0.25) is 0 Å². The number of aliphatic hydroxyl groups is 1. The number of aromatic nitrogens is 1. The van der Waals surface area contributed by atoms with E-state index >= 15 is 0 Å². The summed E-state index contributed by atoms with van der Waals surface area (Å²) in [6.07, 6.45) is 1.63. The molecule has 0 spiro atoms. The Morgan fingerprint density at radius 1 is 1.43 bits per heavy atom. The van der Waals surface area contributed by atoms with Gasteiger partial charge in [0.15, 0.2) is 0 Å². The van der Waals surface area contributed by atoms with Crippen LogP contribution in [-0.2, 0) is 4.74 Å². The molecular weight excluding hydrogens is 274 g/mol. The van der Waals surface area contributed by atoms with Crippen LogP contribution >= 0.6 is 0 Å². The highest BCUT2D eigenvalue weighted by Crippen LogP contribution is 2.37. The van der Waals surface area contributed by atoms with Gasteiger partial charge in [0, 0.05) is 19.3 Å². The molecule has 7 heteroatoms. The SMILES string of the molecule is O=[N+]([O-])c1c(N2CC(OCCO)C2)ccc2ncccc12. The maximum absolute atomic E-state index is 11.4. The van der Waals surface area contributed by atoms with Gasteiger partial charge in [-0.15, -0.1) is 0 Å². The van der Waals surface area contributed by atoms with E-state index in [9.17, 15) is 10.1 Å². The zero-order chi connectivity index (χ0) is 14.8. The molecule has 1 aliphatic heterocycles. The van der Waals surface area contributed by atoms with Crippen molar-refractivity contribution in [3.63, 3.8) is 0 Å². The van der Waals surface area contributed by atoms with Crippen LogP contribution in [0.5, 0.6) is 0 Å². The van der Waals surface area contributed by atoms with Crippen LogP contribution in [0.25, 0.3) is 10.9 Å². The average Bonchev–Trinajstić information content (AvgIpc) is 2.44. The molecule has 2 heterocycles. The maximum Gasteiger partial charge on any atom is 0.301 e. The molecule has 0 saturated carbocycles. The summed E-state index contributed by atoms with van der Waals surface area (Å²) in [4.78, 5) is 17.1. The van der Waals surface area contributed by atoms with Crippen molar-refractivity contribution in [3.05, 3.63) is 40.6 Å². The molecule has 1 N–H and O–H groups in total. The van der Waals surface area contributed by atoms with Crippen molar-refractivity contribution in [2.45, 2.75) is 6.10 Å². The molecular formula is C14H15N3O4. The van der Waals surface area contributed by atoms with E-state index in [0.29, 0.717) is 36.3 Å². The number of fused-ring (bicyclic) bond motifs is 1. The van der Waals surface area contributed by atoms with Crippen molar-refractivity contribution in [2.75, 3.05) is 31.2 Å². The minimum atomic E-state index is -0.360. The van der Waals surface area contributed by atoms with Gasteiger partial charge < -0.3 is 14.7 Å². The van der Waals surface area contributed by atoms with Crippen molar-refractivity contribution in [2.24, 2.45) is 0 Å². The number of anilines is 1. The second-order valence-electron chi connectivity index (χ2n) is 4.88. The Balaban J connectivity index is 1.89. The number of pyridine rings is 1. The molecule has 1 fully saturated rings. The van der Waals surface area contributed by atoms with Crippen LogP contribution in [0.15, 0.2) is 30.5 Å². The van der Waals surface area contributed by atoms with E-state index in [-0.39, 0.29) is 23.3 Å². The third-order valence-electron chi connectivity index (χ3n) is 3.55. The van der Waals surface area contributed by atoms with Crippen molar-refractivity contribution in [3.8, 4) is 0 Å². The van der Waals surface area contributed by atoms with Crippen LogP contribution < -0.4 is 4.90 Å². The smallest absolute Gasteiger partial charge is 0.301 e. The fraction of sp³-hybridized carbons (Fsp3) is 0.357. The van der Waals surface area contributed by atoms with E-state index < -0.39 is 0 Å².